The first-order valence-electron chi connectivity index (χ1n) is 8.07. The molecule has 2 aromatic carbocycles. The van der Waals surface area contributed by atoms with Crippen LogP contribution in [0.3, 0.4) is 0 Å². The molecule has 24 heavy (non-hydrogen) atoms. The number of rotatable bonds is 11. The Morgan fingerprint density at radius 2 is 1.04 bits per heavy atom. The van der Waals surface area contributed by atoms with E-state index in [4.69, 9.17) is 9.68 Å². The predicted octanol–water partition coefficient (Wildman–Crippen LogP) is 4.24. The number of benzene rings is 2. The van der Waals surface area contributed by atoms with Crippen molar-refractivity contribution >= 4 is 0 Å². The molecule has 0 fully saturated rings. The number of hydrogen-bond donors (Lipinski definition) is 2. The second-order valence-electron chi connectivity index (χ2n) is 5.17. The fourth-order valence-electron chi connectivity index (χ4n) is 1.95. The Hall–Kier alpha value is -2.56. The third-order valence-electron chi connectivity index (χ3n) is 3.20. The lowest BCUT2D eigenvalue weighted by Gasteiger charge is -2.02. The van der Waals surface area contributed by atoms with Crippen LogP contribution in [0.4, 0.5) is 0 Å². The van der Waals surface area contributed by atoms with Crippen molar-refractivity contribution in [3.8, 4) is 0 Å². The van der Waals surface area contributed by atoms with Crippen LogP contribution in [0, 0.1) is 0 Å². The van der Waals surface area contributed by atoms with Gasteiger partial charge in [-0.05, 0) is 24.0 Å². The van der Waals surface area contributed by atoms with Crippen LogP contribution in [-0.2, 0) is 22.9 Å². The highest BCUT2D eigenvalue weighted by Gasteiger charge is 1.89. The molecule has 0 bridgehead atoms. The predicted molar refractivity (Wildman–Crippen MR) is 96.2 cm³/mol. The first-order chi connectivity index (χ1) is 11.9. The molecule has 0 aromatic heterocycles. The lowest BCUT2D eigenvalue weighted by molar-refractivity contribution is 0.0572. The maximum absolute atomic E-state index is 5.33. The number of nitrogens with one attached hydrogen (secondary N) is 2. The molecule has 4 heteroatoms. The summed E-state index contributed by atoms with van der Waals surface area (Å²) >= 11 is 0. The Labute approximate surface area is 143 Å². The van der Waals surface area contributed by atoms with E-state index < -0.39 is 0 Å². The van der Waals surface area contributed by atoms with Crippen molar-refractivity contribution < 1.29 is 9.68 Å². The first kappa shape index (κ1) is 17.8. The maximum atomic E-state index is 5.33. The highest BCUT2D eigenvalue weighted by atomic mass is 16.6. The van der Waals surface area contributed by atoms with Gasteiger partial charge in [-0.25, -0.2) is 0 Å². The highest BCUT2D eigenvalue weighted by molar-refractivity contribution is 5.14. The molecule has 0 spiro atoms. The molecular weight excluding hydrogens is 300 g/mol. The molecule has 2 N–H and O–H groups in total. The second-order valence-corrected chi connectivity index (χ2v) is 5.17. The Kier molecular flexibility index (Phi) is 8.85. The Morgan fingerprint density at radius 1 is 0.625 bits per heavy atom. The van der Waals surface area contributed by atoms with E-state index in [1.54, 1.807) is 0 Å². The third-order valence-corrected chi connectivity index (χ3v) is 3.20. The summed E-state index contributed by atoms with van der Waals surface area (Å²) in [5.41, 5.74) is 7.92. The average Bonchev–Trinajstić information content (AvgIpc) is 2.64. The van der Waals surface area contributed by atoms with E-state index in [2.05, 4.69) is 11.0 Å². The SMILES string of the molecule is C(=CNOCc1ccccc1)CCC=CNOCc1ccccc1. The number of hydrogen-bond acceptors (Lipinski definition) is 4. The van der Waals surface area contributed by atoms with E-state index in [1.165, 1.54) is 0 Å². The van der Waals surface area contributed by atoms with Gasteiger partial charge in [-0.1, -0.05) is 72.8 Å². The number of hydroxylamine groups is 2. The monoisotopic (exact) mass is 324 g/mol. The van der Waals surface area contributed by atoms with E-state index in [0.29, 0.717) is 13.2 Å². The van der Waals surface area contributed by atoms with E-state index in [9.17, 15) is 0 Å². The molecular formula is C20H24N2O2. The zero-order chi connectivity index (χ0) is 16.7. The minimum absolute atomic E-state index is 0.549. The van der Waals surface area contributed by atoms with Gasteiger partial charge in [0.15, 0.2) is 0 Å². The zero-order valence-electron chi connectivity index (χ0n) is 13.7. The normalized spacial score (nSPS) is 11.2. The van der Waals surface area contributed by atoms with E-state index in [1.807, 2.05) is 85.2 Å². The van der Waals surface area contributed by atoms with Crippen molar-refractivity contribution in [1.29, 1.82) is 0 Å². The van der Waals surface area contributed by atoms with Crippen molar-refractivity contribution in [1.82, 2.24) is 11.0 Å². The van der Waals surface area contributed by atoms with E-state index >= 15 is 0 Å². The Morgan fingerprint density at radius 3 is 1.46 bits per heavy atom. The molecule has 0 saturated heterocycles. The van der Waals surface area contributed by atoms with Crippen molar-refractivity contribution in [3.05, 3.63) is 96.3 Å². The minimum atomic E-state index is 0.549. The summed E-state index contributed by atoms with van der Waals surface area (Å²) in [6, 6.07) is 20.1. The van der Waals surface area contributed by atoms with Crippen molar-refractivity contribution in [3.63, 3.8) is 0 Å². The van der Waals surface area contributed by atoms with Crippen LogP contribution in [0.25, 0.3) is 0 Å². The molecule has 4 nitrogen and oxygen atoms in total. The van der Waals surface area contributed by atoms with Gasteiger partial charge in [0.1, 0.15) is 0 Å². The topological polar surface area (TPSA) is 42.5 Å². The van der Waals surface area contributed by atoms with Crippen LogP contribution in [0.1, 0.15) is 24.0 Å². The lowest BCUT2D eigenvalue weighted by atomic mass is 10.2. The zero-order valence-corrected chi connectivity index (χ0v) is 13.7. The van der Waals surface area contributed by atoms with E-state index in [-0.39, 0.29) is 0 Å². The number of allylic oxidation sites excluding steroid dienone is 2. The van der Waals surface area contributed by atoms with Crippen LogP contribution in [-0.4, -0.2) is 0 Å². The van der Waals surface area contributed by atoms with Gasteiger partial charge < -0.3 is 0 Å². The lowest BCUT2D eigenvalue weighted by Crippen LogP contribution is -2.06. The van der Waals surface area contributed by atoms with E-state index in [0.717, 1.165) is 24.0 Å². The van der Waals surface area contributed by atoms with Crippen molar-refractivity contribution in [2.45, 2.75) is 26.1 Å². The average molecular weight is 324 g/mol. The van der Waals surface area contributed by atoms with Gasteiger partial charge in [0, 0.05) is 12.4 Å². The largest absolute Gasteiger partial charge is 0.274 e. The molecule has 0 radical (unpaired) electrons. The molecule has 0 heterocycles. The van der Waals surface area contributed by atoms with Gasteiger partial charge in [0.2, 0.25) is 0 Å². The number of unbranched alkanes of at least 4 members (excludes halogenated alkanes) is 1. The standard InChI is InChI=1S/C20H24N2O2/c1(9-15-21-23-17-19-11-5-3-6-12-19)2-10-16-22-24-18-20-13-7-4-8-14-20/h3-16,21-22H,1-2,17-18H2. The quantitative estimate of drug-likeness (QED) is 0.479. The summed E-state index contributed by atoms with van der Waals surface area (Å²) in [7, 11) is 0. The Balaban J connectivity index is 1.43. The highest BCUT2D eigenvalue weighted by Crippen LogP contribution is 2.00. The molecule has 0 atom stereocenters. The molecule has 0 amide bonds. The van der Waals surface area contributed by atoms with Crippen LogP contribution in [0.2, 0.25) is 0 Å². The van der Waals surface area contributed by atoms with Gasteiger partial charge in [-0.15, -0.1) is 0 Å². The summed E-state index contributed by atoms with van der Waals surface area (Å²) < 4.78 is 0. The molecule has 2 rings (SSSR count). The molecule has 0 unspecified atom stereocenters. The third kappa shape index (κ3) is 8.17. The van der Waals surface area contributed by atoms with Gasteiger partial charge in [0.25, 0.3) is 0 Å². The van der Waals surface area contributed by atoms with Crippen LogP contribution in [0.5, 0.6) is 0 Å². The maximum Gasteiger partial charge on any atom is 0.0996 e. The van der Waals surface area contributed by atoms with Gasteiger partial charge in [-0.2, -0.15) is 0 Å². The van der Waals surface area contributed by atoms with Crippen LogP contribution < -0.4 is 11.0 Å². The summed E-state index contributed by atoms with van der Waals surface area (Å²) in [6.07, 6.45) is 9.55. The molecule has 2 aromatic rings. The molecule has 0 aliphatic carbocycles. The van der Waals surface area contributed by atoms with Crippen molar-refractivity contribution in [2.24, 2.45) is 0 Å². The fourth-order valence-corrected chi connectivity index (χ4v) is 1.95. The van der Waals surface area contributed by atoms with Crippen molar-refractivity contribution in [2.75, 3.05) is 0 Å². The minimum Gasteiger partial charge on any atom is -0.274 e. The summed E-state index contributed by atoms with van der Waals surface area (Å²) in [5, 5.41) is 0. The van der Waals surface area contributed by atoms with Crippen LogP contribution in [0.15, 0.2) is 85.2 Å². The summed E-state index contributed by atoms with van der Waals surface area (Å²) in [5.74, 6) is 0. The molecule has 0 aliphatic heterocycles. The smallest absolute Gasteiger partial charge is 0.0996 e. The van der Waals surface area contributed by atoms with Gasteiger partial charge in [0.05, 0.1) is 13.2 Å². The van der Waals surface area contributed by atoms with Crippen LogP contribution >= 0.6 is 0 Å². The molecule has 0 saturated carbocycles. The first-order valence-corrected chi connectivity index (χ1v) is 8.07. The second kappa shape index (κ2) is 11.9. The summed E-state index contributed by atoms with van der Waals surface area (Å²) in [4.78, 5) is 10.7. The van der Waals surface area contributed by atoms with Gasteiger partial charge in [-0.3, -0.25) is 20.6 Å². The molecule has 126 valence electrons. The summed E-state index contributed by atoms with van der Waals surface area (Å²) in [6.45, 7) is 1.10. The fraction of sp³-hybridized carbons (Fsp3) is 0.200. The molecule has 0 aliphatic rings. The Bertz CT molecular complexity index is 542. The van der Waals surface area contributed by atoms with Gasteiger partial charge >= 0.3 is 0 Å².